The summed E-state index contributed by atoms with van der Waals surface area (Å²) in [7, 11) is 0. The van der Waals surface area contributed by atoms with Crippen LogP contribution in [0.15, 0.2) is 29.4 Å². The van der Waals surface area contributed by atoms with E-state index in [0.717, 1.165) is 43.4 Å². The maximum atomic E-state index is 9.26. The van der Waals surface area contributed by atoms with E-state index >= 15 is 0 Å². The van der Waals surface area contributed by atoms with E-state index in [1.54, 1.807) is 0 Å². The number of fused-ring (bicyclic) bond motifs is 1. The maximum Gasteiger partial charge on any atom is 0.191 e. The Labute approximate surface area is 149 Å². The van der Waals surface area contributed by atoms with E-state index in [-0.39, 0.29) is 6.61 Å². The fourth-order valence-electron chi connectivity index (χ4n) is 2.88. The molecule has 7 nitrogen and oxygen atoms in total. The fraction of sp³-hybridized carbons (Fsp3) is 0.611. The van der Waals surface area contributed by atoms with Crippen molar-refractivity contribution in [1.29, 1.82) is 0 Å². The lowest BCUT2D eigenvalue weighted by Gasteiger charge is -2.20. The highest BCUT2D eigenvalue weighted by Crippen LogP contribution is 2.14. The van der Waals surface area contributed by atoms with Crippen molar-refractivity contribution in [3.63, 3.8) is 0 Å². The van der Waals surface area contributed by atoms with Crippen molar-refractivity contribution in [2.45, 2.75) is 40.2 Å². The molecule has 0 spiro atoms. The van der Waals surface area contributed by atoms with Crippen LogP contribution >= 0.6 is 0 Å². The van der Waals surface area contributed by atoms with Gasteiger partial charge >= 0.3 is 0 Å². The molecule has 0 aliphatic rings. The average Bonchev–Trinajstić information content (AvgIpc) is 3.00. The molecule has 0 aliphatic heterocycles. The van der Waals surface area contributed by atoms with Gasteiger partial charge in [0, 0.05) is 25.9 Å². The highest BCUT2D eigenvalue weighted by atomic mass is 16.3. The van der Waals surface area contributed by atoms with Crippen molar-refractivity contribution in [3.8, 4) is 0 Å². The van der Waals surface area contributed by atoms with Crippen molar-refractivity contribution >= 4 is 11.6 Å². The summed E-state index contributed by atoms with van der Waals surface area (Å²) in [6.07, 6.45) is 3.83. The predicted molar refractivity (Wildman–Crippen MR) is 100 cm³/mol. The number of aliphatic hydroxyl groups excluding tert-OH is 1. The van der Waals surface area contributed by atoms with E-state index in [1.807, 2.05) is 35.7 Å². The molecule has 0 bridgehead atoms. The highest BCUT2D eigenvalue weighted by molar-refractivity contribution is 5.79. The Morgan fingerprint density at radius 3 is 2.84 bits per heavy atom. The Balaban J connectivity index is 1.99. The van der Waals surface area contributed by atoms with E-state index in [4.69, 9.17) is 0 Å². The first-order valence-corrected chi connectivity index (χ1v) is 9.05. The predicted octanol–water partition coefficient (Wildman–Crippen LogP) is 1.83. The molecule has 0 saturated carbocycles. The van der Waals surface area contributed by atoms with E-state index in [0.29, 0.717) is 18.4 Å². The van der Waals surface area contributed by atoms with Gasteiger partial charge in [-0.25, -0.2) is 4.99 Å². The monoisotopic (exact) mass is 346 g/mol. The van der Waals surface area contributed by atoms with Crippen LogP contribution in [0.25, 0.3) is 5.65 Å². The number of aliphatic imine (C=N–C) groups is 1. The standard InChI is InChI=1S/C18H30N6O/c1-4-19-18(20-12-15(8-10-25)11-14(2)3)21-13-17-23-22-16-7-5-6-9-24(16)17/h5-7,9,14-15,25H,4,8,10-13H2,1-3H3,(H2,19,20,21). The zero-order valence-corrected chi connectivity index (χ0v) is 15.4. The summed E-state index contributed by atoms with van der Waals surface area (Å²) < 4.78 is 1.94. The van der Waals surface area contributed by atoms with E-state index < -0.39 is 0 Å². The van der Waals surface area contributed by atoms with Crippen LogP contribution in [-0.4, -0.2) is 45.4 Å². The molecule has 25 heavy (non-hydrogen) atoms. The number of aromatic nitrogens is 3. The van der Waals surface area contributed by atoms with Gasteiger partial charge in [0.1, 0.15) is 6.54 Å². The molecule has 1 unspecified atom stereocenters. The third-order valence-electron chi connectivity index (χ3n) is 4.01. The molecule has 3 N–H and O–H groups in total. The summed E-state index contributed by atoms with van der Waals surface area (Å²) in [5.74, 6) is 2.62. The molecule has 0 fully saturated rings. The molecule has 138 valence electrons. The van der Waals surface area contributed by atoms with Gasteiger partial charge in [0.15, 0.2) is 17.4 Å². The van der Waals surface area contributed by atoms with Crippen LogP contribution in [0.5, 0.6) is 0 Å². The SMILES string of the molecule is CCNC(=NCc1nnc2ccccn12)NCC(CCO)CC(C)C. The largest absolute Gasteiger partial charge is 0.396 e. The summed E-state index contributed by atoms with van der Waals surface area (Å²) in [4.78, 5) is 4.63. The van der Waals surface area contributed by atoms with Crippen LogP contribution in [0, 0.1) is 11.8 Å². The molecular weight excluding hydrogens is 316 g/mol. The summed E-state index contributed by atoms with van der Waals surface area (Å²) in [6, 6.07) is 5.83. The van der Waals surface area contributed by atoms with Crippen molar-refractivity contribution in [3.05, 3.63) is 30.2 Å². The summed E-state index contributed by atoms with van der Waals surface area (Å²) >= 11 is 0. The minimum Gasteiger partial charge on any atom is -0.396 e. The second kappa shape index (κ2) is 9.98. The third-order valence-corrected chi connectivity index (χ3v) is 4.01. The molecule has 0 saturated heterocycles. The van der Waals surface area contributed by atoms with Gasteiger partial charge in [-0.05, 0) is 43.7 Å². The minimum atomic E-state index is 0.221. The smallest absolute Gasteiger partial charge is 0.191 e. The number of rotatable bonds is 9. The average molecular weight is 346 g/mol. The zero-order valence-electron chi connectivity index (χ0n) is 15.4. The Morgan fingerprint density at radius 1 is 1.28 bits per heavy atom. The van der Waals surface area contributed by atoms with E-state index in [2.05, 4.69) is 39.7 Å². The normalized spacial score (nSPS) is 13.4. The highest BCUT2D eigenvalue weighted by Gasteiger charge is 2.11. The van der Waals surface area contributed by atoms with Crippen LogP contribution in [0.4, 0.5) is 0 Å². The molecule has 2 aromatic heterocycles. The van der Waals surface area contributed by atoms with Gasteiger partial charge in [0.25, 0.3) is 0 Å². The summed E-state index contributed by atoms with van der Waals surface area (Å²) in [5, 5.41) is 24.3. The number of aliphatic hydroxyl groups is 1. The molecular formula is C18H30N6O. The molecule has 0 amide bonds. The van der Waals surface area contributed by atoms with Crippen LogP contribution in [0.2, 0.25) is 0 Å². The number of nitrogens with zero attached hydrogens (tertiary/aromatic N) is 4. The quantitative estimate of drug-likeness (QED) is 0.476. The fourth-order valence-corrected chi connectivity index (χ4v) is 2.88. The molecule has 0 aromatic carbocycles. The first kappa shape index (κ1) is 19.2. The van der Waals surface area contributed by atoms with Crippen LogP contribution in [0.3, 0.4) is 0 Å². The van der Waals surface area contributed by atoms with E-state index in [1.165, 1.54) is 0 Å². The second-order valence-corrected chi connectivity index (χ2v) is 6.63. The first-order valence-electron chi connectivity index (χ1n) is 9.05. The maximum absolute atomic E-state index is 9.26. The zero-order chi connectivity index (χ0) is 18.1. The Morgan fingerprint density at radius 2 is 2.12 bits per heavy atom. The van der Waals surface area contributed by atoms with Crippen molar-refractivity contribution in [1.82, 2.24) is 25.2 Å². The van der Waals surface area contributed by atoms with Crippen LogP contribution in [-0.2, 0) is 6.54 Å². The molecule has 7 heteroatoms. The number of hydrogen-bond acceptors (Lipinski definition) is 4. The molecule has 2 aromatic rings. The Hall–Kier alpha value is -2.15. The van der Waals surface area contributed by atoms with Gasteiger partial charge in [-0.15, -0.1) is 10.2 Å². The number of hydrogen-bond donors (Lipinski definition) is 3. The van der Waals surface area contributed by atoms with Crippen molar-refractivity contribution in [2.24, 2.45) is 16.8 Å². The summed E-state index contributed by atoms with van der Waals surface area (Å²) in [5.41, 5.74) is 0.825. The van der Waals surface area contributed by atoms with Crippen LogP contribution in [0.1, 0.15) is 39.4 Å². The molecule has 2 rings (SSSR count). The Kier molecular flexibility index (Phi) is 7.66. The molecule has 0 radical (unpaired) electrons. The van der Waals surface area contributed by atoms with Crippen molar-refractivity contribution < 1.29 is 5.11 Å². The molecule has 0 aliphatic carbocycles. The van der Waals surface area contributed by atoms with Gasteiger partial charge in [-0.2, -0.15) is 0 Å². The number of pyridine rings is 1. The summed E-state index contributed by atoms with van der Waals surface area (Å²) in [6.45, 7) is 8.73. The van der Waals surface area contributed by atoms with Gasteiger partial charge < -0.3 is 15.7 Å². The molecule has 1 atom stereocenters. The van der Waals surface area contributed by atoms with E-state index in [9.17, 15) is 5.11 Å². The van der Waals surface area contributed by atoms with Crippen LogP contribution < -0.4 is 10.6 Å². The lowest BCUT2D eigenvalue weighted by Crippen LogP contribution is -2.40. The topological polar surface area (TPSA) is 86.8 Å². The minimum absolute atomic E-state index is 0.221. The first-order chi connectivity index (χ1) is 12.1. The van der Waals surface area contributed by atoms with Gasteiger partial charge in [0.05, 0.1) is 0 Å². The number of nitrogens with one attached hydrogen (secondary N) is 2. The second-order valence-electron chi connectivity index (χ2n) is 6.63. The van der Waals surface area contributed by atoms with Crippen molar-refractivity contribution in [2.75, 3.05) is 19.7 Å². The molecule has 2 heterocycles. The lowest BCUT2D eigenvalue weighted by atomic mass is 9.94. The number of guanidine groups is 1. The third kappa shape index (κ3) is 6.01. The van der Waals surface area contributed by atoms with Gasteiger partial charge in [-0.1, -0.05) is 19.9 Å². The van der Waals surface area contributed by atoms with Gasteiger partial charge in [0.2, 0.25) is 0 Å². The lowest BCUT2D eigenvalue weighted by molar-refractivity contribution is 0.243. The Bertz CT molecular complexity index is 666. The van der Waals surface area contributed by atoms with Gasteiger partial charge in [-0.3, -0.25) is 4.40 Å².